The van der Waals surface area contributed by atoms with Gasteiger partial charge in [-0.1, -0.05) is 0 Å². The molecule has 0 aliphatic rings. The molecule has 0 atom stereocenters. The number of rotatable bonds is 5. The second-order valence-electron chi connectivity index (χ2n) is 6.61. The minimum absolute atomic E-state index is 0.260. The fourth-order valence-electron chi connectivity index (χ4n) is 3.11. The number of benzene rings is 1. The first kappa shape index (κ1) is 18.5. The van der Waals surface area contributed by atoms with Crippen LogP contribution in [0.3, 0.4) is 0 Å². The summed E-state index contributed by atoms with van der Waals surface area (Å²) in [5.41, 5.74) is 4.45. The van der Waals surface area contributed by atoms with Gasteiger partial charge in [0.25, 0.3) is 5.91 Å². The molecule has 7 nitrogen and oxygen atoms in total. The zero-order valence-electron chi connectivity index (χ0n) is 16.0. The lowest BCUT2D eigenvalue weighted by atomic mass is 10.1. The van der Waals surface area contributed by atoms with Crippen LogP contribution in [0.15, 0.2) is 60.9 Å². The summed E-state index contributed by atoms with van der Waals surface area (Å²) in [6.07, 6.45) is 3.45. The maximum absolute atomic E-state index is 13.1. The number of aromatic nitrogens is 5. The lowest BCUT2D eigenvalue weighted by Crippen LogP contribution is -2.25. The third kappa shape index (κ3) is 3.91. The van der Waals surface area contributed by atoms with E-state index in [-0.39, 0.29) is 18.3 Å². The molecule has 0 saturated carbocycles. The molecule has 1 amide bonds. The number of hydrogen-bond acceptors (Lipinski definition) is 4. The van der Waals surface area contributed by atoms with Crippen LogP contribution in [-0.4, -0.2) is 30.5 Å². The van der Waals surface area contributed by atoms with Crippen molar-refractivity contribution in [1.29, 1.82) is 0 Å². The molecule has 8 heteroatoms. The first-order chi connectivity index (χ1) is 14.0. The molecule has 29 heavy (non-hydrogen) atoms. The molecule has 0 unspecified atom stereocenters. The molecule has 1 N–H and O–H groups in total. The Labute approximate surface area is 166 Å². The highest BCUT2D eigenvalue weighted by atomic mass is 19.1. The van der Waals surface area contributed by atoms with Crippen molar-refractivity contribution in [2.75, 3.05) is 0 Å². The van der Waals surface area contributed by atoms with Crippen molar-refractivity contribution in [2.24, 2.45) is 14.1 Å². The third-order valence-corrected chi connectivity index (χ3v) is 4.59. The molecule has 0 aliphatic carbocycles. The van der Waals surface area contributed by atoms with Gasteiger partial charge in [0.15, 0.2) is 0 Å². The number of hydrogen-bond donors (Lipinski definition) is 1. The van der Waals surface area contributed by atoms with Crippen LogP contribution in [-0.2, 0) is 20.6 Å². The largest absolute Gasteiger partial charge is 0.345 e. The lowest BCUT2D eigenvalue weighted by molar-refractivity contribution is 0.0941. The van der Waals surface area contributed by atoms with Crippen molar-refractivity contribution in [3.05, 3.63) is 78.1 Å². The minimum atomic E-state index is -0.316. The van der Waals surface area contributed by atoms with Crippen LogP contribution in [0.5, 0.6) is 0 Å². The standard InChI is InChI=1S/C21H19FN6O/c1-27-19(15-7-9-23-10-8-15)11-17(25-27)13-24-21(29)20-12-18(26-28(20)2)14-3-5-16(22)6-4-14/h3-12H,13H2,1-2H3,(H,24,29). The maximum atomic E-state index is 13.1. The second kappa shape index (κ2) is 7.67. The summed E-state index contributed by atoms with van der Waals surface area (Å²) in [5.74, 6) is -0.575. The van der Waals surface area contributed by atoms with Crippen molar-refractivity contribution in [2.45, 2.75) is 6.54 Å². The predicted molar refractivity (Wildman–Crippen MR) is 106 cm³/mol. The van der Waals surface area contributed by atoms with E-state index < -0.39 is 0 Å². The van der Waals surface area contributed by atoms with E-state index in [0.29, 0.717) is 11.4 Å². The molecular weight excluding hydrogens is 371 g/mol. The fourth-order valence-corrected chi connectivity index (χ4v) is 3.11. The van der Waals surface area contributed by atoms with Crippen LogP contribution < -0.4 is 5.32 Å². The number of aryl methyl sites for hydroxylation is 2. The highest BCUT2D eigenvalue weighted by Crippen LogP contribution is 2.20. The SMILES string of the molecule is Cn1nc(-c2ccc(F)cc2)cc1C(=O)NCc1cc(-c2ccncc2)n(C)n1. The van der Waals surface area contributed by atoms with E-state index in [2.05, 4.69) is 20.5 Å². The Morgan fingerprint density at radius 1 is 0.966 bits per heavy atom. The minimum Gasteiger partial charge on any atom is -0.345 e. The Morgan fingerprint density at radius 2 is 1.69 bits per heavy atom. The summed E-state index contributed by atoms with van der Waals surface area (Å²) in [4.78, 5) is 16.6. The molecule has 1 aromatic carbocycles. The van der Waals surface area contributed by atoms with Gasteiger partial charge < -0.3 is 5.32 Å². The Morgan fingerprint density at radius 3 is 2.41 bits per heavy atom. The average Bonchev–Trinajstić information content (AvgIpc) is 3.30. The molecule has 3 aromatic heterocycles. The van der Waals surface area contributed by atoms with E-state index in [4.69, 9.17) is 0 Å². The Balaban J connectivity index is 1.47. The van der Waals surface area contributed by atoms with Gasteiger partial charge in [-0.3, -0.25) is 19.1 Å². The van der Waals surface area contributed by atoms with Gasteiger partial charge in [-0.25, -0.2) is 4.39 Å². The highest BCUT2D eigenvalue weighted by molar-refractivity contribution is 5.93. The van der Waals surface area contributed by atoms with Gasteiger partial charge in [0, 0.05) is 37.6 Å². The van der Waals surface area contributed by atoms with E-state index in [9.17, 15) is 9.18 Å². The van der Waals surface area contributed by atoms with Gasteiger partial charge in [-0.05, 0) is 48.5 Å². The van der Waals surface area contributed by atoms with Crippen LogP contribution in [0.25, 0.3) is 22.5 Å². The van der Waals surface area contributed by atoms with Crippen molar-refractivity contribution in [3.63, 3.8) is 0 Å². The molecule has 0 radical (unpaired) electrons. The molecule has 0 aliphatic heterocycles. The molecule has 3 heterocycles. The van der Waals surface area contributed by atoms with Gasteiger partial charge in [0.2, 0.25) is 0 Å². The van der Waals surface area contributed by atoms with Gasteiger partial charge in [-0.2, -0.15) is 10.2 Å². The van der Waals surface area contributed by atoms with Gasteiger partial charge in [0.05, 0.1) is 23.6 Å². The Hall–Kier alpha value is -3.81. The predicted octanol–water partition coefficient (Wildman–Crippen LogP) is 2.95. The number of carbonyl (C=O) groups is 1. The number of carbonyl (C=O) groups excluding carboxylic acids is 1. The summed E-state index contributed by atoms with van der Waals surface area (Å²) >= 11 is 0. The summed E-state index contributed by atoms with van der Waals surface area (Å²) in [5, 5.41) is 11.7. The second-order valence-corrected chi connectivity index (χ2v) is 6.61. The van der Waals surface area contributed by atoms with Gasteiger partial charge in [0.1, 0.15) is 11.5 Å². The quantitative estimate of drug-likeness (QED) is 0.568. The molecule has 0 saturated heterocycles. The summed E-state index contributed by atoms with van der Waals surface area (Å²) < 4.78 is 16.4. The monoisotopic (exact) mass is 390 g/mol. The molecule has 4 rings (SSSR count). The van der Waals surface area contributed by atoms with Crippen LogP contribution in [0, 0.1) is 5.82 Å². The van der Waals surface area contributed by atoms with Gasteiger partial charge >= 0.3 is 0 Å². The molecular formula is C21H19FN6O. The summed E-state index contributed by atoms with van der Waals surface area (Å²) in [6.45, 7) is 0.287. The first-order valence-electron chi connectivity index (χ1n) is 9.03. The Kier molecular flexibility index (Phi) is 4.90. The molecule has 146 valence electrons. The zero-order valence-corrected chi connectivity index (χ0v) is 16.0. The maximum Gasteiger partial charge on any atom is 0.269 e. The van der Waals surface area contributed by atoms with Crippen LogP contribution >= 0.6 is 0 Å². The van der Waals surface area contributed by atoms with Gasteiger partial charge in [-0.15, -0.1) is 0 Å². The van der Waals surface area contributed by atoms with E-state index in [1.54, 1.807) is 42.3 Å². The number of halogens is 1. The number of nitrogens with one attached hydrogen (secondary N) is 1. The molecule has 0 fully saturated rings. The van der Waals surface area contributed by atoms with E-state index >= 15 is 0 Å². The number of amides is 1. The zero-order chi connectivity index (χ0) is 20.4. The van der Waals surface area contributed by atoms with E-state index in [1.807, 2.05) is 25.2 Å². The normalized spacial score (nSPS) is 10.9. The van der Waals surface area contributed by atoms with Crippen LogP contribution in [0.2, 0.25) is 0 Å². The van der Waals surface area contributed by atoms with Crippen molar-refractivity contribution in [3.8, 4) is 22.5 Å². The average molecular weight is 390 g/mol. The third-order valence-electron chi connectivity index (χ3n) is 4.59. The van der Waals surface area contributed by atoms with Crippen molar-refractivity contribution >= 4 is 5.91 Å². The molecule has 0 spiro atoms. The van der Waals surface area contributed by atoms with Crippen molar-refractivity contribution in [1.82, 2.24) is 29.9 Å². The van der Waals surface area contributed by atoms with Crippen LogP contribution in [0.1, 0.15) is 16.2 Å². The summed E-state index contributed by atoms with van der Waals surface area (Å²) in [6, 6.07) is 13.4. The summed E-state index contributed by atoms with van der Waals surface area (Å²) in [7, 11) is 3.56. The highest BCUT2D eigenvalue weighted by Gasteiger charge is 2.15. The fraction of sp³-hybridized carbons (Fsp3) is 0.143. The van der Waals surface area contributed by atoms with Crippen LogP contribution in [0.4, 0.5) is 4.39 Å². The first-order valence-corrected chi connectivity index (χ1v) is 9.03. The van der Waals surface area contributed by atoms with E-state index in [1.165, 1.54) is 16.8 Å². The Bertz CT molecular complexity index is 1150. The molecule has 4 aromatic rings. The molecule has 0 bridgehead atoms. The van der Waals surface area contributed by atoms with E-state index in [0.717, 1.165) is 22.5 Å². The lowest BCUT2D eigenvalue weighted by Gasteiger charge is -2.02. The number of pyridine rings is 1. The smallest absolute Gasteiger partial charge is 0.269 e. The van der Waals surface area contributed by atoms with Crippen molar-refractivity contribution < 1.29 is 9.18 Å². The number of nitrogens with zero attached hydrogens (tertiary/aromatic N) is 5. The topological polar surface area (TPSA) is 77.6 Å².